The Kier molecular flexibility index (Phi) is 5.12. The summed E-state index contributed by atoms with van der Waals surface area (Å²) in [5.41, 5.74) is 4.33. The number of carbonyl (C=O) groups excluding carboxylic acids is 1. The number of hydrogen-bond acceptors (Lipinski definition) is 3. The Morgan fingerprint density at radius 3 is 2.36 bits per heavy atom. The van der Waals surface area contributed by atoms with E-state index in [0.29, 0.717) is 10.7 Å². The molecule has 0 saturated heterocycles. The molecule has 0 unspecified atom stereocenters. The van der Waals surface area contributed by atoms with E-state index in [9.17, 15) is 4.79 Å². The summed E-state index contributed by atoms with van der Waals surface area (Å²) in [7, 11) is 1.36. The topological polar surface area (TPSA) is 50.4 Å². The van der Waals surface area contributed by atoms with Crippen LogP contribution >= 0.6 is 12.2 Å². The smallest absolute Gasteiger partial charge is 0.337 e. The molecular formula is C17H18N2O2S. The van der Waals surface area contributed by atoms with Crippen molar-refractivity contribution in [3.05, 3.63) is 59.2 Å². The van der Waals surface area contributed by atoms with Crippen molar-refractivity contribution in [1.29, 1.82) is 0 Å². The zero-order valence-corrected chi connectivity index (χ0v) is 13.6. The first-order chi connectivity index (χ1) is 10.5. The lowest BCUT2D eigenvalue weighted by Crippen LogP contribution is -2.20. The van der Waals surface area contributed by atoms with Gasteiger partial charge in [0.2, 0.25) is 0 Å². The molecule has 0 bridgehead atoms. The molecule has 5 heteroatoms. The van der Waals surface area contributed by atoms with Crippen LogP contribution in [-0.4, -0.2) is 18.2 Å². The molecule has 0 aliphatic heterocycles. The maximum atomic E-state index is 11.6. The number of aryl methyl sites for hydroxylation is 2. The van der Waals surface area contributed by atoms with Gasteiger partial charge in [-0.25, -0.2) is 4.79 Å². The molecule has 4 nitrogen and oxygen atoms in total. The highest BCUT2D eigenvalue weighted by Crippen LogP contribution is 2.18. The van der Waals surface area contributed by atoms with Gasteiger partial charge in [0, 0.05) is 11.4 Å². The maximum absolute atomic E-state index is 11.6. The van der Waals surface area contributed by atoms with E-state index in [0.717, 1.165) is 16.9 Å². The van der Waals surface area contributed by atoms with Crippen LogP contribution in [0.1, 0.15) is 21.5 Å². The average Bonchev–Trinajstić information content (AvgIpc) is 2.51. The summed E-state index contributed by atoms with van der Waals surface area (Å²) in [6.45, 7) is 3.97. The molecule has 2 N–H and O–H groups in total. The third-order valence-corrected chi connectivity index (χ3v) is 3.42. The van der Waals surface area contributed by atoms with Crippen molar-refractivity contribution >= 4 is 34.7 Å². The van der Waals surface area contributed by atoms with Crippen LogP contribution in [0.25, 0.3) is 0 Å². The number of rotatable bonds is 3. The molecule has 0 aliphatic rings. The summed E-state index contributed by atoms with van der Waals surface area (Å²) in [5.74, 6) is -0.375. The maximum Gasteiger partial charge on any atom is 0.337 e. The molecule has 2 aromatic carbocycles. The highest BCUT2D eigenvalue weighted by atomic mass is 32.1. The van der Waals surface area contributed by atoms with E-state index >= 15 is 0 Å². The van der Waals surface area contributed by atoms with Gasteiger partial charge < -0.3 is 15.4 Å². The molecule has 0 heterocycles. The van der Waals surface area contributed by atoms with Gasteiger partial charge in [0.15, 0.2) is 5.11 Å². The van der Waals surface area contributed by atoms with E-state index in [2.05, 4.69) is 10.6 Å². The number of thiocarbonyl (C=S) groups is 1. The second kappa shape index (κ2) is 7.04. The van der Waals surface area contributed by atoms with Gasteiger partial charge in [0.1, 0.15) is 0 Å². The van der Waals surface area contributed by atoms with E-state index in [1.54, 1.807) is 12.1 Å². The molecule has 0 atom stereocenters. The number of esters is 1. The van der Waals surface area contributed by atoms with Crippen LogP contribution in [0, 0.1) is 13.8 Å². The van der Waals surface area contributed by atoms with E-state index in [4.69, 9.17) is 17.0 Å². The Morgan fingerprint density at radius 1 is 1.05 bits per heavy atom. The fourth-order valence-electron chi connectivity index (χ4n) is 1.92. The minimum absolute atomic E-state index is 0.375. The quantitative estimate of drug-likeness (QED) is 0.665. The molecule has 0 amide bonds. The number of ether oxygens (including phenoxy) is 1. The van der Waals surface area contributed by atoms with Gasteiger partial charge in [-0.05, 0) is 55.9 Å². The first kappa shape index (κ1) is 16.0. The summed E-state index contributed by atoms with van der Waals surface area (Å²) in [4.78, 5) is 11.6. The van der Waals surface area contributed by atoms with Crippen molar-refractivity contribution in [2.45, 2.75) is 13.8 Å². The molecule has 0 aromatic heterocycles. The summed E-state index contributed by atoms with van der Waals surface area (Å²) >= 11 is 5.31. The zero-order valence-electron chi connectivity index (χ0n) is 12.8. The lowest BCUT2D eigenvalue weighted by molar-refractivity contribution is 0.0601. The lowest BCUT2D eigenvalue weighted by Gasteiger charge is -2.13. The largest absolute Gasteiger partial charge is 0.465 e. The summed E-state index contributed by atoms with van der Waals surface area (Å²) in [5, 5.41) is 6.68. The molecule has 0 aliphatic carbocycles. The molecule has 0 fully saturated rings. The average molecular weight is 314 g/mol. The van der Waals surface area contributed by atoms with Gasteiger partial charge in [0.25, 0.3) is 0 Å². The van der Waals surface area contributed by atoms with Gasteiger partial charge >= 0.3 is 5.97 Å². The van der Waals surface area contributed by atoms with Crippen molar-refractivity contribution in [3.8, 4) is 0 Å². The monoisotopic (exact) mass is 314 g/mol. The van der Waals surface area contributed by atoms with Crippen LogP contribution < -0.4 is 10.6 Å². The third kappa shape index (κ3) is 4.05. The normalized spacial score (nSPS) is 9.95. The zero-order chi connectivity index (χ0) is 16.1. The Morgan fingerprint density at radius 2 is 1.73 bits per heavy atom. The van der Waals surface area contributed by atoms with E-state index < -0.39 is 0 Å². The van der Waals surface area contributed by atoms with Crippen molar-refractivity contribution in [2.75, 3.05) is 17.7 Å². The first-order valence-electron chi connectivity index (χ1n) is 6.83. The second-order valence-electron chi connectivity index (χ2n) is 4.97. The molecular weight excluding hydrogens is 296 g/mol. The molecule has 2 aromatic rings. The van der Waals surface area contributed by atoms with Gasteiger partial charge in [-0.2, -0.15) is 0 Å². The Hall–Kier alpha value is -2.40. The number of nitrogens with one attached hydrogen (secondary N) is 2. The predicted octanol–water partition coefficient (Wildman–Crippen LogP) is 3.90. The van der Waals surface area contributed by atoms with Crippen LogP contribution in [0.5, 0.6) is 0 Å². The van der Waals surface area contributed by atoms with E-state index in [1.807, 2.05) is 44.2 Å². The van der Waals surface area contributed by atoms with Crippen molar-refractivity contribution in [1.82, 2.24) is 0 Å². The van der Waals surface area contributed by atoms with Crippen molar-refractivity contribution in [2.24, 2.45) is 0 Å². The van der Waals surface area contributed by atoms with Gasteiger partial charge in [-0.15, -0.1) is 0 Å². The number of anilines is 2. The highest BCUT2D eigenvalue weighted by Gasteiger charge is 2.09. The molecule has 0 saturated carbocycles. The number of carbonyl (C=O) groups is 1. The van der Waals surface area contributed by atoms with Crippen LogP contribution in [-0.2, 0) is 4.74 Å². The summed E-state index contributed by atoms with van der Waals surface area (Å²) in [6, 6.07) is 13.2. The third-order valence-electron chi connectivity index (χ3n) is 3.22. The lowest BCUT2D eigenvalue weighted by atomic mass is 10.1. The van der Waals surface area contributed by atoms with Gasteiger partial charge in [-0.3, -0.25) is 0 Å². The summed E-state index contributed by atoms with van der Waals surface area (Å²) in [6.07, 6.45) is 0. The Labute approximate surface area is 135 Å². The standard InChI is InChI=1S/C17H18N2O2S/c1-11-4-8-14(9-5-11)18-17(22)19-15-10-13(16(20)21-3)7-6-12(15)2/h4-10H,1-3H3,(H2,18,19,22). The van der Waals surface area contributed by atoms with Crippen LogP contribution in [0.2, 0.25) is 0 Å². The van der Waals surface area contributed by atoms with Crippen LogP contribution in [0.3, 0.4) is 0 Å². The highest BCUT2D eigenvalue weighted by molar-refractivity contribution is 7.80. The second-order valence-corrected chi connectivity index (χ2v) is 5.37. The minimum Gasteiger partial charge on any atom is -0.465 e. The fraction of sp³-hybridized carbons (Fsp3) is 0.176. The number of benzene rings is 2. The summed E-state index contributed by atoms with van der Waals surface area (Å²) < 4.78 is 4.73. The molecule has 114 valence electrons. The first-order valence-corrected chi connectivity index (χ1v) is 7.24. The number of methoxy groups -OCH3 is 1. The number of hydrogen-bond donors (Lipinski definition) is 2. The van der Waals surface area contributed by atoms with Crippen LogP contribution in [0.15, 0.2) is 42.5 Å². The Balaban J connectivity index is 2.10. The fourth-order valence-corrected chi connectivity index (χ4v) is 2.15. The molecule has 0 radical (unpaired) electrons. The minimum atomic E-state index is -0.375. The van der Waals surface area contributed by atoms with Crippen LogP contribution in [0.4, 0.5) is 11.4 Å². The van der Waals surface area contributed by atoms with E-state index in [1.165, 1.54) is 12.7 Å². The van der Waals surface area contributed by atoms with E-state index in [-0.39, 0.29) is 5.97 Å². The predicted molar refractivity (Wildman–Crippen MR) is 93.5 cm³/mol. The van der Waals surface area contributed by atoms with Gasteiger partial charge in [0.05, 0.1) is 12.7 Å². The van der Waals surface area contributed by atoms with Crippen molar-refractivity contribution in [3.63, 3.8) is 0 Å². The molecule has 2 rings (SSSR count). The van der Waals surface area contributed by atoms with Crippen molar-refractivity contribution < 1.29 is 9.53 Å². The van der Waals surface area contributed by atoms with Gasteiger partial charge in [-0.1, -0.05) is 23.8 Å². The SMILES string of the molecule is COC(=O)c1ccc(C)c(NC(=S)Nc2ccc(C)cc2)c1. The molecule has 22 heavy (non-hydrogen) atoms. The Bertz CT molecular complexity index is 696. The molecule has 0 spiro atoms.